The van der Waals surface area contributed by atoms with Crippen molar-refractivity contribution in [3.63, 3.8) is 0 Å². The lowest BCUT2D eigenvalue weighted by Crippen LogP contribution is -2.13. The van der Waals surface area contributed by atoms with E-state index in [4.69, 9.17) is 0 Å². The molecule has 18 heavy (non-hydrogen) atoms. The van der Waals surface area contributed by atoms with Crippen LogP contribution in [0.5, 0.6) is 0 Å². The van der Waals surface area contributed by atoms with Gasteiger partial charge in [0, 0.05) is 12.0 Å². The maximum Gasteiger partial charge on any atom is 0.251 e. The SMILES string of the molecule is CC(=O)CCc1cc2cc(C)cc(C)c2[nH]c1=O. The lowest BCUT2D eigenvalue weighted by Gasteiger charge is -2.06. The number of aromatic amines is 1. The molecular formula is C15H17NO2. The molecule has 1 aromatic carbocycles. The molecule has 0 saturated heterocycles. The van der Waals surface area contributed by atoms with Crippen LogP contribution in [0.1, 0.15) is 30.0 Å². The van der Waals surface area contributed by atoms with Crippen LogP contribution in [0.25, 0.3) is 10.9 Å². The summed E-state index contributed by atoms with van der Waals surface area (Å²) in [6.45, 7) is 5.57. The molecule has 0 unspecified atom stereocenters. The van der Waals surface area contributed by atoms with Gasteiger partial charge < -0.3 is 9.78 Å². The van der Waals surface area contributed by atoms with Crippen LogP contribution in [0.15, 0.2) is 23.0 Å². The molecule has 2 rings (SSSR count). The molecule has 2 aromatic rings. The number of rotatable bonds is 3. The molecule has 0 aliphatic heterocycles. The van der Waals surface area contributed by atoms with Crippen LogP contribution in [0.4, 0.5) is 0 Å². The van der Waals surface area contributed by atoms with Crippen molar-refractivity contribution in [3.8, 4) is 0 Å². The molecule has 0 amide bonds. The summed E-state index contributed by atoms with van der Waals surface area (Å²) in [7, 11) is 0. The third-order valence-corrected chi connectivity index (χ3v) is 3.12. The molecule has 94 valence electrons. The molecule has 1 aromatic heterocycles. The summed E-state index contributed by atoms with van der Waals surface area (Å²) in [5.41, 5.74) is 3.72. The van der Waals surface area contributed by atoms with Crippen molar-refractivity contribution in [2.75, 3.05) is 0 Å². The normalized spacial score (nSPS) is 10.8. The van der Waals surface area contributed by atoms with Crippen molar-refractivity contribution in [2.24, 2.45) is 0 Å². The molecule has 0 saturated carbocycles. The van der Waals surface area contributed by atoms with Gasteiger partial charge in [-0.05, 0) is 50.3 Å². The van der Waals surface area contributed by atoms with Crippen LogP contribution in [0.3, 0.4) is 0 Å². The molecule has 0 aliphatic carbocycles. The van der Waals surface area contributed by atoms with Gasteiger partial charge in [-0.15, -0.1) is 0 Å². The monoisotopic (exact) mass is 243 g/mol. The molecule has 0 spiro atoms. The number of carbonyl (C=O) groups excluding carboxylic acids is 1. The Balaban J connectivity index is 2.54. The topological polar surface area (TPSA) is 49.9 Å². The van der Waals surface area contributed by atoms with Gasteiger partial charge in [-0.1, -0.05) is 11.6 Å². The van der Waals surface area contributed by atoms with Crippen LogP contribution in [-0.2, 0) is 11.2 Å². The molecule has 0 aliphatic rings. The Hall–Kier alpha value is -1.90. The first kappa shape index (κ1) is 12.6. The maximum atomic E-state index is 11.9. The number of hydrogen-bond donors (Lipinski definition) is 1. The van der Waals surface area contributed by atoms with Crippen molar-refractivity contribution in [1.82, 2.24) is 4.98 Å². The smallest absolute Gasteiger partial charge is 0.251 e. The van der Waals surface area contributed by atoms with Crippen LogP contribution < -0.4 is 5.56 Å². The van der Waals surface area contributed by atoms with Crippen LogP contribution >= 0.6 is 0 Å². The predicted octanol–water partition coefficient (Wildman–Crippen LogP) is 2.67. The number of benzene rings is 1. The molecule has 1 N–H and O–H groups in total. The Morgan fingerprint density at radius 3 is 2.61 bits per heavy atom. The summed E-state index contributed by atoms with van der Waals surface area (Å²) in [6, 6.07) is 6.00. The van der Waals surface area contributed by atoms with E-state index < -0.39 is 0 Å². The fourth-order valence-electron chi connectivity index (χ4n) is 2.23. The van der Waals surface area contributed by atoms with Crippen molar-refractivity contribution in [3.05, 3.63) is 45.2 Å². The van der Waals surface area contributed by atoms with Gasteiger partial charge in [0.1, 0.15) is 5.78 Å². The summed E-state index contributed by atoms with van der Waals surface area (Å²) < 4.78 is 0. The summed E-state index contributed by atoms with van der Waals surface area (Å²) >= 11 is 0. The summed E-state index contributed by atoms with van der Waals surface area (Å²) in [4.78, 5) is 25.8. The van der Waals surface area contributed by atoms with Gasteiger partial charge in [-0.3, -0.25) is 4.79 Å². The van der Waals surface area contributed by atoms with Crippen LogP contribution in [0.2, 0.25) is 0 Å². The van der Waals surface area contributed by atoms with E-state index in [1.165, 1.54) is 5.56 Å². The molecule has 1 heterocycles. The zero-order valence-electron chi connectivity index (χ0n) is 11.0. The number of H-pyrrole nitrogens is 1. The van der Waals surface area contributed by atoms with Crippen LogP contribution in [-0.4, -0.2) is 10.8 Å². The molecule has 3 nitrogen and oxygen atoms in total. The van der Waals surface area contributed by atoms with Gasteiger partial charge in [0.2, 0.25) is 0 Å². The third-order valence-electron chi connectivity index (χ3n) is 3.12. The van der Waals surface area contributed by atoms with Crippen molar-refractivity contribution in [1.29, 1.82) is 0 Å². The van der Waals surface area contributed by atoms with E-state index in [0.29, 0.717) is 18.4 Å². The molecule has 0 atom stereocenters. The molecular weight excluding hydrogens is 226 g/mol. The average Bonchev–Trinajstić information content (AvgIpc) is 2.27. The van der Waals surface area contributed by atoms with Gasteiger partial charge in [0.15, 0.2) is 0 Å². The standard InChI is InChI=1S/C15H17NO2/c1-9-6-10(2)14-13(7-9)8-12(15(18)16-14)5-4-11(3)17/h6-8H,4-5H2,1-3H3,(H,16,18). The quantitative estimate of drug-likeness (QED) is 0.901. The number of aromatic nitrogens is 1. The highest BCUT2D eigenvalue weighted by molar-refractivity contribution is 5.83. The van der Waals surface area contributed by atoms with Crippen molar-refractivity contribution < 1.29 is 4.79 Å². The molecule has 3 heteroatoms. The summed E-state index contributed by atoms with van der Waals surface area (Å²) in [6.07, 6.45) is 0.924. The van der Waals surface area contributed by atoms with Crippen molar-refractivity contribution >= 4 is 16.7 Å². The van der Waals surface area contributed by atoms with Crippen LogP contribution in [0, 0.1) is 13.8 Å². The maximum absolute atomic E-state index is 11.9. The molecule has 0 fully saturated rings. The largest absolute Gasteiger partial charge is 0.321 e. The number of pyridine rings is 1. The summed E-state index contributed by atoms with van der Waals surface area (Å²) in [5, 5.41) is 1.03. The van der Waals surface area contributed by atoms with E-state index in [-0.39, 0.29) is 11.3 Å². The zero-order valence-corrected chi connectivity index (χ0v) is 11.0. The second-order valence-corrected chi connectivity index (χ2v) is 4.87. The third kappa shape index (κ3) is 2.50. The number of carbonyl (C=O) groups is 1. The fraction of sp³-hybridized carbons (Fsp3) is 0.333. The first-order valence-corrected chi connectivity index (χ1v) is 6.10. The molecule has 0 bridgehead atoms. The Bertz CT molecular complexity index is 668. The lowest BCUT2D eigenvalue weighted by molar-refractivity contribution is -0.116. The van der Waals surface area contributed by atoms with Gasteiger partial charge in [-0.2, -0.15) is 0 Å². The van der Waals surface area contributed by atoms with Crippen molar-refractivity contribution in [2.45, 2.75) is 33.6 Å². The van der Waals surface area contributed by atoms with E-state index >= 15 is 0 Å². The Morgan fingerprint density at radius 2 is 1.94 bits per heavy atom. The Labute approximate surface area is 106 Å². The fourth-order valence-corrected chi connectivity index (χ4v) is 2.23. The number of ketones is 1. The van der Waals surface area contributed by atoms with Gasteiger partial charge in [-0.25, -0.2) is 0 Å². The minimum absolute atomic E-state index is 0.0873. The first-order chi connectivity index (χ1) is 8.47. The minimum Gasteiger partial charge on any atom is -0.321 e. The highest BCUT2D eigenvalue weighted by atomic mass is 16.1. The minimum atomic E-state index is -0.0873. The van der Waals surface area contributed by atoms with E-state index in [1.54, 1.807) is 6.92 Å². The molecule has 0 radical (unpaired) electrons. The number of hydrogen-bond acceptors (Lipinski definition) is 2. The van der Waals surface area contributed by atoms with E-state index in [9.17, 15) is 9.59 Å². The van der Waals surface area contributed by atoms with E-state index in [2.05, 4.69) is 11.1 Å². The highest BCUT2D eigenvalue weighted by Crippen LogP contribution is 2.18. The lowest BCUT2D eigenvalue weighted by atomic mass is 10.0. The van der Waals surface area contributed by atoms with E-state index in [1.807, 2.05) is 26.0 Å². The average molecular weight is 243 g/mol. The predicted molar refractivity (Wildman–Crippen MR) is 73.0 cm³/mol. The van der Waals surface area contributed by atoms with Gasteiger partial charge >= 0.3 is 0 Å². The number of aryl methyl sites for hydroxylation is 3. The summed E-state index contributed by atoms with van der Waals surface area (Å²) in [5.74, 6) is 0.106. The van der Waals surface area contributed by atoms with E-state index in [0.717, 1.165) is 16.5 Å². The number of Topliss-reactive ketones (excluding diaryl/α,β-unsaturated/α-hetero) is 1. The number of fused-ring (bicyclic) bond motifs is 1. The highest BCUT2D eigenvalue weighted by Gasteiger charge is 2.06. The van der Waals surface area contributed by atoms with Gasteiger partial charge in [0.25, 0.3) is 5.56 Å². The first-order valence-electron chi connectivity index (χ1n) is 6.10. The number of nitrogens with one attached hydrogen (secondary N) is 1. The zero-order chi connectivity index (χ0) is 13.3. The Morgan fingerprint density at radius 1 is 1.22 bits per heavy atom. The van der Waals surface area contributed by atoms with Gasteiger partial charge in [0.05, 0.1) is 5.52 Å². The Kier molecular flexibility index (Phi) is 3.32. The second kappa shape index (κ2) is 4.77. The second-order valence-electron chi connectivity index (χ2n) is 4.87.